The number of furan rings is 1. The molecule has 0 saturated carbocycles. The van der Waals surface area contributed by atoms with Gasteiger partial charge >= 0.3 is 6.09 Å². The van der Waals surface area contributed by atoms with Crippen molar-refractivity contribution < 1.29 is 13.9 Å². The molecule has 1 aromatic rings. The molecule has 0 aromatic carbocycles. The summed E-state index contributed by atoms with van der Waals surface area (Å²) in [4.78, 5) is 16.2. The van der Waals surface area contributed by atoms with E-state index < -0.39 is 12.1 Å². The molecule has 0 fully saturated rings. The molecule has 1 unspecified atom stereocenters. The van der Waals surface area contributed by atoms with Gasteiger partial charge in [-0.2, -0.15) is 0 Å². The Kier molecular flexibility index (Phi) is 7.53. The Morgan fingerprint density at radius 2 is 2.36 bits per heavy atom. The summed E-state index contributed by atoms with van der Waals surface area (Å²) in [6, 6.07) is 3.28. The number of amides is 1. The van der Waals surface area contributed by atoms with Gasteiger partial charge in [0.15, 0.2) is 5.17 Å². The van der Waals surface area contributed by atoms with Crippen LogP contribution in [0.2, 0.25) is 0 Å². The highest BCUT2D eigenvalue weighted by Crippen LogP contribution is 2.21. The molecule has 0 saturated heterocycles. The molecule has 0 bridgehead atoms. The number of amidine groups is 1. The maximum absolute atomic E-state index is 11.6. The van der Waals surface area contributed by atoms with E-state index in [1.807, 2.05) is 24.3 Å². The molecule has 25 heavy (non-hydrogen) atoms. The van der Waals surface area contributed by atoms with Gasteiger partial charge in [0.2, 0.25) is 0 Å². The van der Waals surface area contributed by atoms with Crippen LogP contribution < -0.4 is 5.32 Å². The Hall–Kier alpha value is -2.28. The van der Waals surface area contributed by atoms with E-state index in [1.165, 1.54) is 18.9 Å². The van der Waals surface area contributed by atoms with Crippen LogP contribution in [-0.2, 0) is 11.2 Å². The second kappa shape index (κ2) is 9.88. The van der Waals surface area contributed by atoms with E-state index in [4.69, 9.17) is 9.83 Å². The largest absolute Gasteiger partial charge is 0.469 e. The van der Waals surface area contributed by atoms with Gasteiger partial charge in [-0.3, -0.25) is 5.32 Å². The number of carbonyl (C=O) groups is 1. The smallest absolute Gasteiger partial charge is 0.412 e. The Morgan fingerprint density at radius 1 is 1.52 bits per heavy atom. The third-order valence-corrected chi connectivity index (χ3v) is 4.54. The van der Waals surface area contributed by atoms with E-state index >= 15 is 0 Å². The Morgan fingerprint density at radius 3 is 3.04 bits per heavy atom. The van der Waals surface area contributed by atoms with Crippen molar-refractivity contribution in [1.29, 1.82) is 5.41 Å². The van der Waals surface area contributed by atoms with E-state index in [0.717, 1.165) is 29.9 Å². The van der Waals surface area contributed by atoms with Crippen molar-refractivity contribution in [2.45, 2.75) is 32.2 Å². The highest BCUT2D eigenvalue weighted by atomic mass is 32.2. The van der Waals surface area contributed by atoms with Gasteiger partial charge in [-0.1, -0.05) is 37.3 Å². The number of aliphatic imine (C=N–C) groups is 1. The molecule has 0 aliphatic heterocycles. The van der Waals surface area contributed by atoms with Crippen LogP contribution in [0.3, 0.4) is 0 Å². The molecule has 1 aromatic heterocycles. The molecule has 0 radical (unpaired) electrons. The van der Waals surface area contributed by atoms with Crippen LogP contribution in [0.4, 0.5) is 4.79 Å². The average Bonchev–Trinajstić information content (AvgIpc) is 3.10. The summed E-state index contributed by atoms with van der Waals surface area (Å²) < 4.78 is 10.1. The molecule has 1 aliphatic rings. The first-order valence-electron chi connectivity index (χ1n) is 8.17. The molecule has 2 N–H and O–H groups in total. The monoisotopic (exact) mass is 361 g/mol. The molecule has 0 spiro atoms. The molecule has 1 atom stereocenters. The maximum Gasteiger partial charge on any atom is 0.412 e. The normalized spacial score (nSPS) is 17.4. The van der Waals surface area contributed by atoms with Crippen molar-refractivity contribution in [3.63, 3.8) is 0 Å². The number of rotatable bonds is 6. The third-order valence-electron chi connectivity index (χ3n) is 3.57. The summed E-state index contributed by atoms with van der Waals surface area (Å²) in [5.74, 6) is 1.66. The minimum atomic E-state index is -0.558. The number of hydrogen-bond acceptors (Lipinski definition) is 6. The summed E-state index contributed by atoms with van der Waals surface area (Å²) in [6.07, 6.45) is 9.21. The van der Waals surface area contributed by atoms with Gasteiger partial charge in [-0.15, -0.1) is 0 Å². The molecule has 7 heteroatoms. The fourth-order valence-electron chi connectivity index (χ4n) is 2.25. The number of ether oxygens (including phenoxy) is 1. The van der Waals surface area contributed by atoms with Crippen molar-refractivity contribution in [3.05, 3.63) is 48.0 Å². The van der Waals surface area contributed by atoms with Crippen molar-refractivity contribution in [1.82, 2.24) is 5.32 Å². The van der Waals surface area contributed by atoms with Gasteiger partial charge in [0.05, 0.1) is 19.1 Å². The van der Waals surface area contributed by atoms with Crippen LogP contribution in [0.5, 0.6) is 0 Å². The van der Waals surface area contributed by atoms with Crippen LogP contribution in [0.15, 0.2) is 51.6 Å². The van der Waals surface area contributed by atoms with Gasteiger partial charge < -0.3 is 14.6 Å². The summed E-state index contributed by atoms with van der Waals surface area (Å²) in [5, 5.41) is 11.3. The number of nitrogens with zero attached hydrogens (tertiary/aromatic N) is 1. The SMILES string of the molecule is CCCCSC(=NC1C(=N)C=CC=C1Cc1ccco1)NC(=O)OC. The number of carbonyl (C=O) groups excluding carboxylic acids is 1. The first kappa shape index (κ1) is 19.1. The zero-order valence-electron chi connectivity index (χ0n) is 14.5. The van der Waals surface area contributed by atoms with Crippen molar-refractivity contribution in [2.75, 3.05) is 12.9 Å². The number of thioether (sulfide) groups is 1. The van der Waals surface area contributed by atoms with Gasteiger partial charge in [-0.05, 0) is 30.2 Å². The summed E-state index contributed by atoms with van der Waals surface area (Å²) in [6.45, 7) is 2.11. The van der Waals surface area contributed by atoms with E-state index in [-0.39, 0.29) is 0 Å². The van der Waals surface area contributed by atoms with E-state index in [2.05, 4.69) is 22.0 Å². The Balaban J connectivity index is 2.19. The lowest BCUT2D eigenvalue weighted by atomic mass is 9.94. The van der Waals surface area contributed by atoms with Gasteiger partial charge in [0.1, 0.15) is 11.8 Å². The van der Waals surface area contributed by atoms with E-state index in [1.54, 1.807) is 12.3 Å². The predicted octanol–water partition coefficient (Wildman–Crippen LogP) is 3.95. The van der Waals surface area contributed by atoms with Crippen molar-refractivity contribution >= 4 is 28.7 Å². The molecule has 134 valence electrons. The molecular formula is C18H23N3O3S. The number of hydrogen-bond donors (Lipinski definition) is 2. The molecule has 1 amide bonds. The molecule has 1 heterocycles. The summed E-state index contributed by atoms with van der Waals surface area (Å²) in [7, 11) is 1.32. The van der Waals surface area contributed by atoms with Crippen molar-refractivity contribution in [3.8, 4) is 0 Å². The average molecular weight is 361 g/mol. The predicted molar refractivity (Wildman–Crippen MR) is 101 cm³/mol. The number of unbranched alkanes of at least 4 members (excludes halogenated alkanes) is 1. The zero-order valence-corrected chi connectivity index (χ0v) is 15.3. The lowest BCUT2D eigenvalue weighted by molar-refractivity contribution is 0.177. The first-order valence-corrected chi connectivity index (χ1v) is 9.16. The number of nitrogens with one attached hydrogen (secondary N) is 2. The number of alkyl carbamates (subject to hydrolysis) is 1. The quantitative estimate of drug-likeness (QED) is 0.456. The molecule has 2 rings (SSSR count). The maximum atomic E-state index is 11.6. The third kappa shape index (κ3) is 5.94. The van der Waals surface area contributed by atoms with Crippen LogP contribution in [-0.4, -0.2) is 35.9 Å². The van der Waals surface area contributed by atoms with E-state index in [9.17, 15) is 4.79 Å². The fraction of sp³-hybridized carbons (Fsp3) is 0.389. The van der Waals surface area contributed by atoms with Crippen LogP contribution in [0.25, 0.3) is 0 Å². The van der Waals surface area contributed by atoms with E-state index in [0.29, 0.717) is 17.3 Å². The first-order chi connectivity index (χ1) is 12.1. The summed E-state index contributed by atoms with van der Waals surface area (Å²) in [5.41, 5.74) is 1.33. The minimum Gasteiger partial charge on any atom is -0.469 e. The fourth-order valence-corrected chi connectivity index (χ4v) is 3.22. The molecule has 1 aliphatic carbocycles. The van der Waals surface area contributed by atoms with Crippen LogP contribution in [0.1, 0.15) is 25.5 Å². The van der Waals surface area contributed by atoms with Gasteiger partial charge in [-0.25, -0.2) is 9.79 Å². The van der Waals surface area contributed by atoms with Gasteiger partial charge in [0, 0.05) is 12.2 Å². The standard InChI is InChI=1S/C18H23N3O3S/c1-3-4-11-25-17(21-18(22)23-2)20-16-13(7-5-9-15(16)19)12-14-8-6-10-24-14/h5-10,16,19H,3-4,11-12H2,1-2H3,(H,20,21,22). The topological polar surface area (TPSA) is 87.7 Å². The lowest BCUT2D eigenvalue weighted by Crippen LogP contribution is -2.32. The zero-order chi connectivity index (χ0) is 18.1. The second-order valence-corrected chi connectivity index (χ2v) is 6.55. The number of allylic oxidation sites excluding steroid dienone is 2. The molecular weight excluding hydrogens is 338 g/mol. The summed E-state index contributed by atoms with van der Waals surface area (Å²) >= 11 is 1.46. The van der Waals surface area contributed by atoms with Crippen molar-refractivity contribution in [2.24, 2.45) is 4.99 Å². The second-order valence-electron chi connectivity index (χ2n) is 5.47. The number of methoxy groups -OCH3 is 1. The Labute approximate surface area is 151 Å². The van der Waals surface area contributed by atoms with Crippen LogP contribution in [0, 0.1) is 5.41 Å². The highest BCUT2D eigenvalue weighted by Gasteiger charge is 2.22. The van der Waals surface area contributed by atoms with Gasteiger partial charge in [0.25, 0.3) is 0 Å². The highest BCUT2D eigenvalue weighted by molar-refractivity contribution is 8.13. The Bertz CT molecular complexity index is 678. The molecule has 6 nitrogen and oxygen atoms in total. The minimum absolute atomic E-state index is 0.379. The van der Waals surface area contributed by atoms with Crippen LogP contribution >= 0.6 is 11.8 Å². The lowest BCUT2D eigenvalue weighted by Gasteiger charge is -2.20.